The number of carbonyl (C=O) groups is 1. The summed E-state index contributed by atoms with van der Waals surface area (Å²) in [4.78, 5) is 18.6. The molecule has 16 heteroatoms. The standard InChI is InChI=1S/C19H26N.C18H23N.C17H22N2O.C17H22N2.C16H20N2O.C9H11NO.C7H9NO.ClH.HI/c1-15-6-7-18(14-16(15)2)9-8-17-10-12-19(13-11-17)20(3,4)5;1-14-5-6-17(13-15(14)2)8-7-16-9-11-18(12-10-16)19(3)4;1-13-5-8-15(11-17(13)20)18-12-14-6-9-16(10-7-14)19(2,3)4;1-13-5-8-16(11-14(13)2)18-12-15-6-9-17(10-7-15)19(3)4;1-12-4-7-14(10-16(12)19)17-11-13-5-8-15(9-6-13)18(2)3;1-10(2)9-5-3-8(7-11)4-6-9;1-5-2-3-6(8)4-7(5)9;;/h6-7,10-14H,8-9H2,1-5H3;5-6,9-13H,7-8H2,1-4H3;5-11,18H,12H2,1-4H3;5-11,18H,12H2,1-4H3;4-10,17,19H,11H2,1-3H3;3-7H,1-2H3;2-4,9H,8H2,1H3;2*1H/q+1;;;;;;;;/p-1. The number of aromatic hydroxyl groups is 3. The van der Waals surface area contributed by atoms with E-state index in [-0.39, 0.29) is 42.1 Å². The Morgan fingerprint density at radius 3 is 0.815 bits per heavy atom. The number of phenolic OH excluding ortho intramolecular Hbond substituents is 3. The summed E-state index contributed by atoms with van der Waals surface area (Å²) in [6.07, 6.45) is 5.29. The molecule has 8 N–H and O–H groups in total. The molecule has 0 fully saturated rings. The van der Waals surface area contributed by atoms with Crippen molar-refractivity contribution in [2.45, 2.75) is 108 Å². The Hall–Kier alpha value is -11.0. The first-order chi connectivity index (χ1) is 55.3. The van der Waals surface area contributed by atoms with E-state index in [0.29, 0.717) is 17.2 Å². The number of anilines is 8. The summed E-state index contributed by atoms with van der Waals surface area (Å²) in [7, 11) is 29.3. The molecule has 0 heterocycles. The van der Waals surface area contributed by atoms with E-state index in [2.05, 4.69) is 319 Å². The van der Waals surface area contributed by atoms with Gasteiger partial charge in [-0.05, 0) is 292 Å². The SMILES string of the molecule is CN(C)c1ccc(C=O)cc1.Cc1ccc(CCc2ccc(N(C)C)cc2)cc1C.Cc1ccc(CCc2ccc([N+](C)(C)C)cc2)cc1C.Cc1ccc(N)cc1O.Cc1ccc(NCc2ccc(N(C)C)cc2)cc1C.Cc1ccc(NCc2ccc(N(C)C)cc2)cc1O.Cc1ccc(NCc2ccc([N+](C)(C)C)cc2)cc1O.[Cl-].[I-]. The Bertz CT molecular complexity index is 4650. The predicted molar refractivity (Wildman–Crippen MR) is 508 cm³/mol. The van der Waals surface area contributed by atoms with Crippen LogP contribution in [0.5, 0.6) is 17.2 Å². The minimum Gasteiger partial charge on any atom is -1.00 e. The highest BCUT2D eigenvalue weighted by Gasteiger charge is 2.14. The summed E-state index contributed by atoms with van der Waals surface area (Å²) in [5.41, 5.74) is 37.4. The second kappa shape index (κ2) is 49.4. The molecule has 0 aliphatic heterocycles. The number of phenols is 3. The number of aryl methyl sites for hydroxylation is 13. The Kier molecular flexibility index (Phi) is 41.7. The fourth-order valence-electron chi connectivity index (χ4n) is 11.8. The first-order valence-corrected chi connectivity index (χ1v) is 40.2. The zero-order valence-corrected chi connectivity index (χ0v) is 78.0. The molecule has 0 radical (unpaired) electrons. The normalized spacial score (nSPS) is 10.4. The molecule has 12 aromatic carbocycles. The van der Waals surface area contributed by atoms with Crippen LogP contribution in [0.2, 0.25) is 0 Å². The highest BCUT2D eigenvalue weighted by molar-refractivity contribution is 5.75. The molecule has 0 unspecified atom stereocenters. The van der Waals surface area contributed by atoms with Gasteiger partial charge in [0.25, 0.3) is 0 Å². The van der Waals surface area contributed by atoms with Crippen molar-refractivity contribution >= 4 is 63.2 Å². The molecule has 0 saturated carbocycles. The number of nitrogens with one attached hydrogen (secondary N) is 3. The average molecular weight is 1740 g/mol. The van der Waals surface area contributed by atoms with Crippen molar-refractivity contribution in [2.24, 2.45) is 0 Å². The van der Waals surface area contributed by atoms with Crippen molar-refractivity contribution < 1.29 is 56.5 Å². The van der Waals surface area contributed by atoms with E-state index in [4.69, 9.17) is 10.8 Å². The molecular weight excluding hydrogens is 1600 g/mol. The molecule has 634 valence electrons. The maximum atomic E-state index is 10.3. The molecular formula is C103H134ClIN10O4. The molecule has 0 spiro atoms. The molecule has 0 aromatic heterocycles. The van der Waals surface area contributed by atoms with Gasteiger partial charge in [-0.25, -0.2) is 0 Å². The molecule has 14 nitrogen and oxygen atoms in total. The van der Waals surface area contributed by atoms with Crippen molar-refractivity contribution in [1.29, 1.82) is 0 Å². The van der Waals surface area contributed by atoms with E-state index in [1.165, 1.54) is 113 Å². The third kappa shape index (κ3) is 35.6. The molecule has 0 aliphatic carbocycles. The van der Waals surface area contributed by atoms with Crippen LogP contribution in [0.25, 0.3) is 0 Å². The molecule has 12 aromatic rings. The zero-order chi connectivity index (χ0) is 86.1. The topological polar surface area (TPSA) is 153 Å². The van der Waals surface area contributed by atoms with E-state index in [0.717, 1.165) is 99.9 Å². The lowest BCUT2D eigenvalue weighted by atomic mass is 10.0. The van der Waals surface area contributed by atoms with Gasteiger partial charge in [0, 0.05) is 145 Å². The largest absolute Gasteiger partial charge is 1.00 e. The van der Waals surface area contributed by atoms with E-state index in [9.17, 15) is 15.0 Å². The highest BCUT2D eigenvalue weighted by Crippen LogP contribution is 2.27. The van der Waals surface area contributed by atoms with E-state index >= 15 is 0 Å². The molecule has 0 aliphatic rings. The van der Waals surface area contributed by atoms with Gasteiger partial charge in [0.05, 0.1) is 42.3 Å². The van der Waals surface area contributed by atoms with Crippen molar-refractivity contribution in [2.75, 3.05) is 140 Å². The lowest BCUT2D eigenvalue weighted by Crippen LogP contribution is -3.00. The van der Waals surface area contributed by atoms with Gasteiger partial charge in [-0.3, -0.25) is 13.8 Å². The minimum atomic E-state index is 0. The minimum absolute atomic E-state index is 0. The number of halogens is 2. The molecule has 0 atom stereocenters. The van der Waals surface area contributed by atoms with E-state index < -0.39 is 0 Å². The average Bonchev–Trinajstić information content (AvgIpc) is 0.863. The van der Waals surface area contributed by atoms with Crippen molar-refractivity contribution in [3.63, 3.8) is 0 Å². The van der Waals surface area contributed by atoms with Crippen LogP contribution in [0.4, 0.5) is 56.9 Å². The van der Waals surface area contributed by atoms with Crippen LogP contribution < -0.4 is 86.6 Å². The van der Waals surface area contributed by atoms with Crippen LogP contribution in [0.15, 0.2) is 255 Å². The van der Waals surface area contributed by atoms with E-state index in [1.807, 2.05) is 102 Å². The second-order valence-corrected chi connectivity index (χ2v) is 32.9. The second-order valence-electron chi connectivity index (χ2n) is 32.9. The number of nitrogens with two attached hydrogens (primary N) is 1. The maximum Gasteiger partial charge on any atom is 0.150 e. The van der Waals surface area contributed by atoms with Gasteiger partial charge < -0.3 is 93.0 Å². The van der Waals surface area contributed by atoms with Crippen molar-refractivity contribution in [1.82, 2.24) is 8.97 Å². The van der Waals surface area contributed by atoms with E-state index in [1.54, 1.807) is 24.3 Å². The third-order valence-electron chi connectivity index (χ3n) is 20.5. The molecule has 0 amide bonds. The Morgan fingerprint density at radius 1 is 0.294 bits per heavy atom. The number of benzene rings is 12. The molecule has 119 heavy (non-hydrogen) atoms. The van der Waals surface area contributed by atoms with Crippen LogP contribution >= 0.6 is 0 Å². The quantitative estimate of drug-likeness (QED) is 0.0150. The van der Waals surface area contributed by atoms with Gasteiger partial charge >= 0.3 is 0 Å². The number of nitrogens with zero attached hydrogens (tertiary/aromatic N) is 6. The fourth-order valence-corrected chi connectivity index (χ4v) is 11.8. The number of rotatable bonds is 22. The summed E-state index contributed by atoms with van der Waals surface area (Å²) < 4.78 is 1.69. The summed E-state index contributed by atoms with van der Waals surface area (Å²) in [5, 5.41) is 38.4. The van der Waals surface area contributed by atoms with Gasteiger partial charge in [0.1, 0.15) is 34.9 Å². The molecule has 0 bridgehead atoms. The Labute approximate surface area is 737 Å². The number of hydrogen-bond donors (Lipinski definition) is 7. The molecule has 0 saturated heterocycles. The number of hydrogen-bond acceptors (Lipinski definition) is 12. The molecule has 12 rings (SSSR count). The number of carbonyl (C=O) groups excluding carboxylic acids is 1. The van der Waals surface area contributed by atoms with Crippen molar-refractivity contribution in [3.8, 4) is 17.2 Å². The van der Waals surface area contributed by atoms with Gasteiger partial charge in [0.2, 0.25) is 0 Å². The third-order valence-corrected chi connectivity index (χ3v) is 20.5. The lowest BCUT2D eigenvalue weighted by Gasteiger charge is -2.23. The van der Waals surface area contributed by atoms with Crippen LogP contribution in [0, 0.1) is 62.3 Å². The van der Waals surface area contributed by atoms with Crippen molar-refractivity contribution in [3.05, 3.63) is 349 Å². The van der Waals surface area contributed by atoms with Gasteiger partial charge in [-0.2, -0.15) is 0 Å². The first kappa shape index (κ1) is 100. The number of aldehydes is 1. The smallest absolute Gasteiger partial charge is 0.150 e. The number of nitrogen functional groups attached to an aromatic ring is 1. The number of quaternary nitrogens is 2. The zero-order valence-electron chi connectivity index (χ0n) is 75.0. The summed E-state index contributed by atoms with van der Waals surface area (Å²) >= 11 is 0. The van der Waals surface area contributed by atoms with Crippen LogP contribution in [0.1, 0.15) is 99.4 Å². The maximum absolute atomic E-state index is 10.3. The van der Waals surface area contributed by atoms with Gasteiger partial charge in [0.15, 0.2) is 0 Å². The monoisotopic (exact) mass is 1740 g/mol. The Balaban J connectivity index is 0.000000295. The fraction of sp³-hybridized carbons (Fsp3) is 0.291. The van der Waals surface area contributed by atoms with Gasteiger partial charge in [-0.1, -0.05) is 121 Å². The first-order valence-electron chi connectivity index (χ1n) is 40.2. The van der Waals surface area contributed by atoms with Crippen LogP contribution in [-0.2, 0) is 45.3 Å². The predicted octanol–water partition coefficient (Wildman–Crippen LogP) is 16.2. The lowest BCUT2D eigenvalue weighted by molar-refractivity contribution is -0.001000. The van der Waals surface area contributed by atoms with Crippen LogP contribution in [-0.4, -0.2) is 120 Å². The van der Waals surface area contributed by atoms with Crippen LogP contribution in [0.3, 0.4) is 0 Å². The summed E-state index contributed by atoms with van der Waals surface area (Å²) in [6.45, 7) is 21.0. The highest BCUT2D eigenvalue weighted by atomic mass is 127. The Morgan fingerprint density at radius 2 is 0.538 bits per heavy atom. The summed E-state index contributed by atoms with van der Waals surface area (Å²) in [5.74, 6) is 0.915. The van der Waals surface area contributed by atoms with Gasteiger partial charge in [-0.15, -0.1) is 0 Å². The summed E-state index contributed by atoms with van der Waals surface area (Å²) in [6, 6.07) is 87.4.